The van der Waals surface area contributed by atoms with Gasteiger partial charge in [0.1, 0.15) is 12.4 Å². The van der Waals surface area contributed by atoms with Crippen molar-refractivity contribution in [2.75, 3.05) is 0 Å². The first kappa shape index (κ1) is 23.8. The molecule has 2 rings (SSSR count). The van der Waals surface area contributed by atoms with Gasteiger partial charge >= 0.3 is 14.5 Å². The lowest BCUT2D eigenvalue weighted by Crippen LogP contribution is -2.72. The zero-order valence-electron chi connectivity index (χ0n) is 17.8. The normalized spacial score (nSPS) is 20.0. The van der Waals surface area contributed by atoms with Crippen molar-refractivity contribution in [3.8, 4) is 0 Å². The predicted octanol–water partition coefficient (Wildman–Crippen LogP) is 1.31. The van der Waals surface area contributed by atoms with Crippen molar-refractivity contribution >= 4 is 38.5 Å². The van der Waals surface area contributed by atoms with Crippen molar-refractivity contribution in [1.82, 2.24) is 10.1 Å². The molecule has 1 heterocycles. The molecule has 3 N–H and O–H groups in total. The van der Waals surface area contributed by atoms with Gasteiger partial charge in [-0.05, 0) is 32.9 Å². The number of nitrogens with zero attached hydrogens (tertiary/aromatic N) is 1. The van der Waals surface area contributed by atoms with E-state index < -0.39 is 31.0 Å². The lowest BCUT2D eigenvalue weighted by Gasteiger charge is -2.46. The molecule has 1 aromatic rings. The molecule has 8 nitrogen and oxygen atoms in total. The van der Waals surface area contributed by atoms with Crippen LogP contribution >= 0.6 is 0 Å². The molecule has 1 radical (unpaired) electrons. The Balaban J connectivity index is 2.11. The van der Waals surface area contributed by atoms with Crippen LogP contribution in [0.1, 0.15) is 36.2 Å². The van der Waals surface area contributed by atoms with E-state index in [2.05, 4.69) is 5.23 Å². The summed E-state index contributed by atoms with van der Waals surface area (Å²) in [5.41, 5.74) is 1.63. The second kappa shape index (κ2) is 10.5. The minimum absolute atomic E-state index is 0.0788. The van der Waals surface area contributed by atoms with Crippen LogP contribution in [0.2, 0.25) is 13.1 Å². The third-order valence-corrected chi connectivity index (χ3v) is 5.45. The molecular weight excluding hydrogens is 384 g/mol. The topological polar surface area (TPSA) is 120 Å². The fourth-order valence-electron chi connectivity index (χ4n) is 3.66. The van der Waals surface area contributed by atoms with Crippen molar-refractivity contribution < 1.29 is 24.1 Å². The van der Waals surface area contributed by atoms with Gasteiger partial charge in [-0.1, -0.05) is 36.8 Å². The third kappa shape index (κ3) is 5.58. The van der Waals surface area contributed by atoms with E-state index in [1.54, 1.807) is 26.0 Å². The highest BCUT2D eigenvalue weighted by Crippen LogP contribution is 2.29. The van der Waals surface area contributed by atoms with Gasteiger partial charge in [0.25, 0.3) is 0 Å². The summed E-state index contributed by atoms with van der Waals surface area (Å²) in [5, 5.41) is 19.2. The molecule has 1 fully saturated rings. The van der Waals surface area contributed by atoms with Gasteiger partial charge in [-0.3, -0.25) is 24.7 Å². The molecule has 0 saturated carbocycles. The molecule has 0 unspecified atom stereocenters. The maximum absolute atomic E-state index is 13.1. The number of carbonyl (C=O) groups excluding carboxylic acids is 3. The van der Waals surface area contributed by atoms with Crippen molar-refractivity contribution in [1.29, 1.82) is 5.41 Å². The molecule has 0 spiro atoms. The number of rotatable bonds is 11. The zero-order chi connectivity index (χ0) is 22.4. The summed E-state index contributed by atoms with van der Waals surface area (Å²) in [6, 6.07) is 6.22. The molecule has 10 heteroatoms. The summed E-state index contributed by atoms with van der Waals surface area (Å²) in [5.74, 6) is -1.86. The molecule has 4 atom stereocenters. The van der Waals surface area contributed by atoms with Gasteiger partial charge in [0, 0.05) is 17.9 Å². The van der Waals surface area contributed by atoms with Gasteiger partial charge in [0.05, 0.1) is 6.04 Å². The summed E-state index contributed by atoms with van der Waals surface area (Å²) in [7, 11) is 0.470. The highest BCUT2D eigenvalue weighted by atomic mass is 16.4. The number of benzene rings is 1. The molecule has 1 saturated heterocycles. The number of imide groups is 1. The molecular formula is C20H28B2N3O5. The first-order valence-corrected chi connectivity index (χ1v) is 10.0. The molecule has 0 aromatic heterocycles. The number of aryl methyl sites for hydroxylation is 1. The van der Waals surface area contributed by atoms with E-state index >= 15 is 0 Å². The van der Waals surface area contributed by atoms with Crippen molar-refractivity contribution in [2.24, 2.45) is 11.8 Å². The number of hydrogen-bond acceptors (Lipinski definition) is 7. The van der Waals surface area contributed by atoms with Gasteiger partial charge in [-0.2, -0.15) is 0 Å². The van der Waals surface area contributed by atoms with E-state index in [0.717, 1.165) is 12.0 Å². The fraction of sp³-hybridized carbons (Fsp3) is 0.500. The molecule has 0 aliphatic carbocycles. The lowest BCUT2D eigenvalue weighted by molar-refractivity contribution is -0.163. The molecule has 1 aliphatic heterocycles. The molecule has 0 bridgehead atoms. The van der Waals surface area contributed by atoms with Crippen LogP contribution < -0.4 is 5.23 Å². The predicted molar refractivity (Wildman–Crippen MR) is 115 cm³/mol. The minimum Gasteiger partial charge on any atom is -0.556 e. The van der Waals surface area contributed by atoms with Crippen molar-refractivity contribution in [3.05, 3.63) is 35.4 Å². The van der Waals surface area contributed by atoms with Crippen LogP contribution in [0.25, 0.3) is 0 Å². The SMILES string of the molecule is CB(O)N[C@H]1C(=O)N(C(=O)[C@H](C[B]OC=N)[C@@H](C)CC(=O)c2ccc(C)cc2)[C@@H]1C. The number of likely N-dealkylation sites (tertiary alicyclic amines) is 1. The Bertz CT molecular complexity index is 787. The van der Waals surface area contributed by atoms with Crippen LogP contribution in [0.3, 0.4) is 0 Å². The molecule has 1 aliphatic rings. The summed E-state index contributed by atoms with van der Waals surface area (Å²) in [4.78, 5) is 39.5. The van der Waals surface area contributed by atoms with E-state index in [1.165, 1.54) is 19.2 Å². The Hall–Kier alpha value is -2.45. The number of ketones is 1. The fourth-order valence-corrected chi connectivity index (χ4v) is 3.66. The smallest absolute Gasteiger partial charge is 0.374 e. The highest BCUT2D eigenvalue weighted by Gasteiger charge is 2.50. The van der Waals surface area contributed by atoms with E-state index in [4.69, 9.17) is 10.1 Å². The number of β-lactam (4-membered cyclic amide) rings is 1. The maximum atomic E-state index is 13.1. The second-order valence-electron chi connectivity index (χ2n) is 7.84. The van der Waals surface area contributed by atoms with E-state index in [9.17, 15) is 19.4 Å². The van der Waals surface area contributed by atoms with Gasteiger partial charge in [0.2, 0.25) is 11.8 Å². The highest BCUT2D eigenvalue weighted by molar-refractivity contribution is 6.46. The first-order valence-electron chi connectivity index (χ1n) is 10.0. The van der Waals surface area contributed by atoms with Crippen LogP contribution in [-0.4, -0.2) is 60.5 Å². The summed E-state index contributed by atoms with van der Waals surface area (Å²) < 4.78 is 4.86. The summed E-state index contributed by atoms with van der Waals surface area (Å²) in [6.07, 6.45) is 1.06. The quantitative estimate of drug-likeness (QED) is 0.126. The molecule has 30 heavy (non-hydrogen) atoms. The van der Waals surface area contributed by atoms with Crippen LogP contribution in [0.5, 0.6) is 0 Å². The van der Waals surface area contributed by atoms with Gasteiger partial charge in [-0.15, -0.1) is 0 Å². The van der Waals surface area contributed by atoms with E-state index in [0.29, 0.717) is 5.56 Å². The lowest BCUT2D eigenvalue weighted by atomic mass is 9.74. The average molecular weight is 412 g/mol. The van der Waals surface area contributed by atoms with Gasteiger partial charge < -0.3 is 14.9 Å². The first-order chi connectivity index (χ1) is 14.2. The third-order valence-electron chi connectivity index (χ3n) is 5.45. The van der Waals surface area contributed by atoms with Crippen LogP contribution in [0.15, 0.2) is 24.3 Å². The molecule has 1 aromatic carbocycles. The Morgan fingerprint density at radius 3 is 2.57 bits per heavy atom. The number of amides is 2. The van der Waals surface area contributed by atoms with E-state index in [1.807, 2.05) is 19.1 Å². The van der Waals surface area contributed by atoms with Crippen molar-refractivity contribution in [3.63, 3.8) is 0 Å². The average Bonchev–Trinajstić information content (AvgIpc) is 2.69. The Labute approximate surface area is 178 Å². The second-order valence-corrected chi connectivity index (χ2v) is 7.84. The monoisotopic (exact) mass is 412 g/mol. The number of hydrogen-bond donors (Lipinski definition) is 3. The maximum Gasteiger partial charge on any atom is 0.374 e. The minimum atomic E-state index is -0.866. The zero-order valence-corrected chi connectivity index (χ0v) is 17.8. The van der Waals surface area contributed by atoms with Gasteiger partial charge in [-0.25, -0.2) is 0 Å². The standard InChI is InChI=1S/C20H28B2N3O5/c1-12-5-7-15(8-6-12)17(26)9-13(2)16(10-21-30-11-23)19(27)25-14(3)18(20(25)28)24-22(4)29/h5-8,11,13-14,16,18,23-24,29H,9-10H2,1-4H3/t13-,14+,16+,18+/m0/s1. The number of nitrogens with one attached hydrogen (secondary N) is 2. The van der Waals surface area contributed by atoms with Crippen LogP contribution in [-0.2, 0) is 14.2 Å². The van der Waals surface area contributed by atoms with Gasteiger partial charge in [0.15, 0.2) is 5.78 Å². The Morgan fingerprint density at radius 1 is 1.40 bits per heavy atom. The van der Waals surface area contributed by atoms with Crippen molar-refractivity contribution in [2.45, 2.75) is 52.4 Å². The number of carbonyl (C=O) groups is 3. The molecule has 2 amide bonds. The van der Waals surface area contributed by atoms with E-state index in [-0.39, 0.29) is 30.3 Å². The molecule has 159 valence electrons. The number of Topliss-reactive ketones (excluding diaryl/α,β-unsaturated/α-hetero) is 1. The Morgan fingerprint density at radius 2 is 2.03 bits per heavy atom. The summed E-state index contributed by atoms with van der Waals surface area (Å²) in [6.45, 7) is 6.98. The largest absolute Gasteiger partial charge is 0.556 e. The van der Waals surface area contributed by atoms with Crippen LogP contribution in [0, 0.1) is 24.2 Å². The summed E-state index contributed by atoms with van der Waals surface area (Å²) >= 11 is 0. The Kier molecular flexibility index (Phi) is 8.37. The van der Waals surface area contributed by atoms with Crippen LogP contribution in [0.4, 0.5) is 0 Å².